The zero-order valence-electron chi connectivity index (χ0n) is 18.0. The number of H-pyrrole nitrogens is 1. The van der Waals surface area contributed by atoms with E-state index in [1.165, 1.54) is 36.2 Å². The number of nitrogens with one attached hydrogen (secondary N) is 1. The number of aromatic nitrogens is 2. The van der Waals surface area contributed by atoms with Gasteiger partial charge in [-0.25, -0.2) is 9.37 Å². The SMILES string of the molecule is CN(Cc1ccc(F)cc1)C(=O)c1nc(-c2ccccc2N(CCO)CCO)[nH]c(=O)c1O. The molecule has 0 unspecified atom stereocenters. The Labute approximate surface area is 189 Å². The van der Waals surface area contributed by atoms with Gasteiger partial charge in [-0.05, 0) is 29.8 Å². The van der Waals surface area contributed by atoms with Gasteiger partial charge in [0.2, 0.25) is 5.75 Å². The standard InChI is InChI=1S/C23H25FN4O5/c1-27(14-15-6-8-16(24)9-7-15)23(33)19-20(31)22(32)26-21(25-19)17-4-2-3-5-18(17)28(10-12-29)11-13-30/h2-9,29-31H,10-14H2,1H3,(H,25,26,32). The molecular formula is C23H25FN4O5. The molecular weight excluding hydrogens is 431 g/mol. The summed E-state index contributed by atoms with van der Waals surface area (Å²) in [5, 5.41) is 29.0. The molecule has 9 nitrogen and oxygen atoms in total. The van der Waals surface area contributed by atoms with Gasteiger partial charge in [-0.15, -0.1) is 0 Å². The highest BCUT2D eigenvalue weighted by Gasteiger charge is 2.23. The first kappa shape index (κ1) is 23.9. The summed E-state index contributed by atoms with van der Waals surface area (Å²) in [6.07, 6.45) is 0. The number of hydrogen-bond donors (Lipinski definition) is 4. The summed E-state index contributed by atoms with van der Waals surface area (Å²) in [5.41, 5.74) is 0.373. The second kappa shape index (κ2) is 10.7. The maximum Gasteiger partial charge on any atom is 0.294 e. The van der Waals surface area contributed by atoms with E-state index >= 15 is 0 Å². The highest BCUT2D eigenvalue weighted by atomic mass is 19.1. The van der Waals surface area contributed by atoms with Crippen molar-refractivity contribution in [1.82, 2.24) is 14.9 Å². The molecule has 0 saturated carbocycles. The summed E-state index contributed by atoms with van der Waals surface area (Å²) in [6, 6.07) is 12.5. The van der Waals surface area contributed by atoms with E-state index < -0.39 is 28.7 Å². The first-order valence-electron chi connectivity index (χ1n) is 10.2. The van der Waals surface area contributed by atoms with Crippen LogP contribution in [-0.2, 0) is 6.54 Å². The highest BCUT2D eigenvalue weighted by Crippen LogP contribution is 2.29. The number of para-hydroxylation sites is 1. The number of anilines is 1. The number of aliphatic hydroxyl groups excluding tert-OH is 2. The Morgan fingerprint density at radius 1 is 1.06 bits per heavy atom. The van der Waals surface area contributed by atoms with E-state index in [2.05, 4.69) is 9.97 Å². The van der Waals surface area contributed by atoms with Crippen LogP contribution < -0.4 is 10.5 Å². The maximum absolute atomic E-state index is 13.1. The van der Waals surface area contributed by atoms with Gasteiger partial charge in [0.05, 0.1) is 13.2 Å². The van der Waals surface area contributed by atoms with Crippen LogP contribution >= 0.6 is 0 Å². The molecule has 10 heteroatoms. The fraction of sp³-hybridized carbons (Fsp3) is 0.261. The average Bonchev–Trinajstić information content (AvgIpc) is 2.81. The van der Waals surface area contributed by atoms with Crippen molar-refractivity contribution in [1.29, 1.82) is 0 Å². The van der Waals surface area contributed by atoms with Gasteiger partial charge >= 0.3 is 0 Å². The van der Waals surface area contributed by atoms with Crippen molar-refractivity contribution in [2.45, 2.75) is 6.54 Å². The van der Waals surface area contributed by atoms with Crippen molar-refractivity contribution in [3.05, 3.63) is 76.0 Å². The number of aromatic hydroxyl groups is 1. The number of carbonyl (C=O) groups excluding carboxylic acids is 1. The first-order chi connectivity index (χ1) is 15.8. The molecule has 33 heavy (non-hydrogen) atoms. The molecule has 0 aliphatic heterocycles. The number of aliphatic hydroxyl groups is 2. The lowest BCUT2D eigenvalue weighted by atomic mass is 10.1. The van der Waals surface area contributed by atoms with Gasteiger partial charge in [0.15, 0.2) is 5.69 Å². The van der Waals surface area contributed by atoms with Crippen LogP contribution in [0.5, 0.6) is 5.75 Å². The van der Waals surface area contributed by atoms with E-state index in [1.54, 1.807) is 29.2 Å². The van der Waals surface area contributed by atoms with E-state index in [-0.39, 0.29) is 38.7 Å². The number of benzene rings is 2. The first-order valence-corrected chi connectivity index (χ1v) is 10.2. The van der Waals surface area contributed by atoms with Crippen molar-refractivity contribution >= 4 is 11.6 Å². The Morgan fingerprint density at radius 3 is 2.33 bits per heavy atom. The molecule has 0 radical (unpaired) electrons. The summed E-state index contributed by atoms with van der Waals surface area (Å²) in [7, 11) is 1.48. The third-order valence-electron chi connectivity index (χ3n) is 5.02. The Morgan fingerprint density at radius 2 is 1.70 bits per heavy atom. The summed E-state index contributed by atoms with van der Waals surface area (Å²) >= 11 is 0. The van der Waals surface area contributed by atoms with Gasteiger partial charge in [0.25, 0.3) is 11.5 Å². The highest BCUT2D eigenvalue weighted by molar-refractivity contribution is 5.95. The largest absolute Gasteiger partial charge is 0.501 e. The van der Waals surface area contributed by atoms with Gasteiger partial charge in [-0.1, -0.05) is 24.3 Å². The average molecular weight is 456 g/mol. The number of hydrogen-bond acceptors (Lipinski definition) is 7. The van der Waals surface area contributed by atoms with E-state index in [4.69, 9.17) is 0 Å². The lowest BCUT2D eigenvalue weighted by Gasteiger charge is -2.25. The fourth-order valence-electron chi connectivity index (χ4n) is 3.40. The van der Waals surface area contributed by atoms with Crippen molar-refractivity contribution in [2.24, 2.45) is 0 Å². The molecule has 1 heterocycles. The third-order valence-corrected chi connectivity index (χ3v) is 5.02. The molecule has 3 aromatic rings. The molecule has 0 bridgehead atoms. The minimum Gasteiger partial charge on any atom is -0.501 e. The lowest BCUT2D eigenvalue weighted by Crippen LogP contribution is -2.31. The van der Waals surface area contributed by atoms with Crippen LogP contribution in [0.2, 0.25) is 0 Å². The van der Waals surface area contributed by atoms with Crippen molar-refractivity contribution in [3.8, 4) is 17.1 Å². The van der Waals surface area contributed by atoms with Gasteiger partial charge in [-0.3, -0.25) is 9.59 Å². The number of nitrogens with zero attached hydrogens (tertiary/aromatic N) is 3. The van der Waals surface area contributed by atoms with E-state index in [1.807, 2.05) is 0 Å². The zero-order valence-corrected chi connectivity index (χ0v) is 18.0. The Bertz CT molecular complexity index is 1160. The predicted octanol–water partition coefficient (Wildman–Crippen LogP) is 1.34. The van der Waals surface area contributed by atoms with Crippen molar-refractivity contribution in [2.75, 3.05) is 38.3 Å². The molecule has 0 aliphatic rings. The quantitative estimate of drug-likeness (QED) is 0.382. The van der Waals surface area contributed by atoms with Crippen LogP contribution in [-0.4, -0.2) is 69.4 Å². The molecule has 0 spiro atoms. The number of aromatic amines is 1. The van der Waals surface area contributed by atoms with Gasteiger partial charge < -0.3 is 30.1 Å². The topological polar surface area (TPSA) is 130 Å². The lowest BCUT2D eigenvalue weighted by molar-refractivity contribution is 0.0775. The van der Waals surface area contributed by atoms with E-state index in [0.717, 1.165) is 0 Å². The third kappa shape index (κ3) is 5.54. The molecule has 3 rings (SSSR count). The van der Waals surface area contributed by atoms with Crippen molar-refractivity contribution < 1.29 is 24.5 Å². The van der Waals surface area contributed by atoms with Crippen molar-refractivity contribution in [3.63, 3.8) is 0 Å². The Kier molecular flexibility index (Phi) is 7.75. The molecule has 1 amide bonds. The smallest absolute Gasteiger partial charge is 0.294 e. The van der Waals surface area contributed by atoms with Crippen LogP contribution in [0.15, 0.2) is 53.3 Å². The maximum atomic E-state index is 13.1. The molecule has 174 valence electrons. The summed E-state index contributed by atoms with van der Waals surface area (Å²) in [4.78, 5) is 35.1. The van der Waals surface area contributed by atoms with E-state index in [0.29, 0.717) is 16.8 Å². The molecule has 0 aliphatic carbocycles. The summed E-state index contributed by atoms with van der Waals surface area (Å²) in [5.74, 6) is -1.85. The second-order valence-electron chi connectivity index (χ2n) is 7.35. The predicted molar refractivity (Wildman–Crippen MR) is 121 cm³/mol. The fourth-order valence-corrected chi connectivity index (χ4v) is 3.40. The molecule has 1 aromatic heterocycles. The molecule has 0 fully saturated rings. The second-order valence-corrected chi connectivity index (χ2v) is 7.35. The van der Waals surface area contributed by atoms with E-state index in [9.17, 15) is 29.3 Å². The van der Waals surface area contributed by atoms with Crippen LogP contribution in [0.25, 0.3) is 11.4 Å². The molecule has 0 saturated heterocycles. The Balaban J connectivity index is 1.99. The Hall–Kier alpha value is -3.76. The molecule has 0 atom stereocenters. The van der Waals surface area contributed by atoms with Crippen LogP contribution in [0.1, 0.15) is 16.1 Å². The zero-order chi connectivity index (χ0) is 24.0. The monoisotopic (exact) mass is 456 g/mol. The minimum absolute atomic E-state index is 0.0489. The van der Waals surface area contributed by atoms with Crippen LogP contribution in [0.4, 0.5) is 10.1 Å². The van der Waals surface area contributed by atoms with Gasteiger partial charge in [0.1, 0.15) is 11.6 Å². The molecule has 4 N–H and O–H groups in total. The van der Waals surface area contributed by atoms with Gasteiger partial charge in [-0.2, -0.15) is 0 Å². The number of rotatable bonds is 9. The summed E-state index contributed by atoms with van der Waals surface area (Å²) in [6.45, 7) is 0.245. The molecule has 2 aromatic carbocycles. The van der Waals surface area contributed by atoms with Crippen LogP contribution in [0, 0.1) is 5.82 Å². The normalized spacial score (nSPS) is 10.8. The number of halogens is 1. The minimum atomic E-state index is -0.885. The van der Waals surface area contributed by atoms with Gasteiger partial charge in [0, 0.05) is 37.9 Å². The summed E-state index contributed by atoms with van der Waals surface area (Å²) < 4.78 is 13.1. The number of carbonyl (C=O) groups is 1. The number of amides is 1. The van der Waals surface area contributed by atoms with Crippen LogP contribution in [0.3, 0.4) is 0 Å².